The van der Waals surface area contributed by atoms with Crippen molar-refractivity contribution in [3.05, 3.63) is 77.5 Å². The summed E-state index contributed by atoms with van der Waals surface area (Å²) in [5, 5.41) is 8.05. The summed E-state index contributed by atoms with van der Waals surface area (Å²) in [4.78, 5) is 11.9. The van der Waals surface area contributed by atoms with E-state index in [0.717, 1.165) is 63.8 Å². The molecule has 0 aliphatic carbocycles. The number of benzene rings is 2. The fraction of sp³-hybridized carbons (Fsp3) is 0.385. The van der Waals surface area contributed by atoms with Crippen molar-refractivity contribution in [2.75, 3.05) is 39.4 Å². The average molecular weight is 559 g/mol. The Morgan fingerprint density at radius 2 is 1.73 bits per heavy atom. The number of nitrogens with zero attached hydrogens (tertiary/aromatic N) is 3. The highest BCUT2D eigenvalue weighted by Gasteiger charge is 2.12. The van der Waals surface area contributed by atoms with Gasteiger partial charge in [0, 0.05) is 44.3 Å². The molecule has 1 saturated heterocycles. The minimum absolute atomic E-state index is 0. The van der Waals surface area contributed by atoms with E-state index in [1.54, 1.807) is 0 Å². The van der Waals surface area contributed by atoms with E-state index in [9.17, 15) is 0 Å². The second-order valence-electron chi connectivity index (χ2n) is 8.02. The molecule has 176 valence electrons. The fourth-order valence-electron chi connectivity index (χ4n) is 4.06. The van der Waals surface area contributed by atoms with Crippen LogP contribution in [0.4, 0.5) is 0 Å². The first-order valence-corrected chi connectivity index (χ1v) is 11.5. The molecule has 0 amide bonds. The zero-order valence-corrected chi connectivity index (χ0v) is 21.6. The number of morpholine rings is 1. The molecule has 0 atom stereocenters. The second-order valence-corrected chi connectivity index (χ2v) is 8.02. The van der Waals surface area contributed by atoms with Crippen LogP contribution in [-0.4, -0.2) is 55.2 Å². The number of aromatic nitrogens is 1. The number of rotatable bonds is 8. The molecule has 0 bridgehead atoms. The number of guanidine groups is 1. The number of para-hydroxylation sites is 1. The highest BCUT2D eigenvalue weighted by Crippen LogP contribution is 2.16. The first-order valence-electron chi connectivity index (χ1n) is 11.5. The molecule has 33 heavy (non-hydrogen) atoms. The summed E-state index contributed by atoms with van der Waals surface area (Å²) in [6, 6.07) is 19.1. The number of nitrogens with one attached hydrogen (secondary N) is 2. The Kier molecular flexibility index (Phi) is 10.4. The van der Waals surface area contributed by atoms with Crippen LogP contribution in [0.1, 0.15) is 23.6 Å². The summed E-state index contributed by atoms with van der Waals surface area (Å²) < 4.78 is 5.48. The van der Waals surface area contributed by atoms with Crippen molar-refractivity contribution in [3.63, 3.8) is 0 Å². The van der Waals surface area contributed by atoms with Crippen LogP contribution in [0.5, 0.6) is 0 Å². The summed E-state index contributed by atoms with van der Waals surface area (Å²) in [5.41, 5.74) is 4.95. The smallest absolute Gasteiger partial charge is 0.191 e. The molecule has 0 saturated carbocycles. The van der Waals surface area contributed by atoms with Crippen molar-refractivity contribution >= 4 is 40.8 Å². The van der Waals surface area contributed by atoms with Gasteiger partial charge in [-0.2, -0.15) is 0 Å². The number of fused-ring (bicyclic) bond motifs is 1. The molecular weight excluding hydrogens is 525 g/mol. The lowest BCUT2D eigenvalue weighted by Gasteiger charge is -2.27. The molecule has 0 radical (unpaired) electrons. The van der Waals surface area contributed by atoms with Gasteiger partial charge >= 0.3 is 0 Å². The van der Waals surface area contributed by atoms with E-state index in [4.69, 9.17) is 9.73 Å². The lowest BCUT2D eigenvalue weighted by Crippen LogP contribution is -2.38. The fourth-order valence-corrected chi connectivity index (χ4v) is 4.06. The van der Waals surface area contributed by atoms with E-state index < -0.39 is 0 Å². The maximum atomic E-state index is 5.48. The number of aliphatic imine (C=N–C) groups is 1. The predicted octanol–water partition coefficient (Wildman–Crippen LogP) is 3.98. The first-order chi connectivity index (χ1) is 15.8. The standard InChI is InChI=1S/C26H33N5O.HI/c1-2-27-26(29-14-12-22-10-5-9-21-11-6-13-28-25(21)22)30-19-23-7-3-4-8-24(23)20-31-15-17-32-18-16-31;/h3-11,13H,2,12,14-20H2,1H3,(H2,27,29,30);1H. The van der Waals surface area contributed by atoms with Gasteiger partial charge in [-0.05, 0) is 36.1 Å². The van der Waals surface area contributed by atoms with E-state index in [0.29, 0.717) is 6.54 Å². The molecule has 2 aromatic carbocycles. The lowest BCUT2D eigenvalue weighted by molar-refractivity contribution is 0.0341. The van der Waals surface area contributed by atoms with Gasteiger partial charge in [0.25, 0.3) is 0 Å². The lowest BCUT2D eigenvalue weighted by atomic mass is 10.1. The Labute approximate surface area is 213 Å². The van der Waals surface area contributed by atoms with Gasteiger partial charge in [0.15, 0.2) is 5.96 Å². The van der Waals surface area contributed by atoms with Gasteiger partial charge in [-0.3, -0.25) is 9.88 Å². The summed E-state index contributed by atoms with van der Waals surface area (Å²) >= 11 is 0. The van der Waals surface area contributed by atoms with Crippen molar-refractivity contribution < 1.29 is 4.74 Å². The normalized spacial score (nSPS) is 14.6. The maximum absolute atomic E-state index is 5.48. The molecular formula is C26H34IN5O. The van der Waals surface area contributed by atoms with Gasteiger partial charge in [0.05, 0.1) is 25.3 Å². The number of pyridine rings is 1. The van der Waals surface area contributed by atoms with Gasteiger partial charge in [0.1, 0.15) is 0 Å². The van der Waals surface area contributed by atoms with E-state index in [2.05, 4.69) is 76.0 Å². The predicted molar refractivity (Wildman–Crippen MR) is 146 cm³/mol. The summed E-state index contributed by atoms with van der Waals surface area (Å²) in [5.74, 6) is 0.849. The van der Waals surface area contributed by atoms with Crippen LogP contribution in [0, 0.1) is 0 Å². The quantitative estimate of drug-likeness (QED) is 0.249. The minimum atomic E-state index is 0. The van der Waals surface area contributed by atoms with E-state index in [1.165, 1.54) is 22.1 Å². The number of ether oxygens (including phenoxy) is 1. The molecule has 0 unspecified atom stereocenters. The molecule has 2 N–H and O–H groups in total. The average Bonchev–Trinajstić information content (AvgIpc) is 2.84. The molecule has 6 nitrogen and oxygen atoms in total. The highest BCUT2D eigenvalue weighted by atomic mass is 127. The van der Waals surface area contributed by atoms with Crippen molar-refractivity contribution in [1.82, 2.24) is 20.5 Å². The van der Waals surface area contributed by atoms with Gasteiger partial charge in [-0.15, -0.1) is 24.0 Å². The van der Waals surface area contributed by atoms with Crippen molar-refractivity contribution in [2.45, 2.75) is 26.4 Å². The molecule has 7 heteroatoms. The third kappa shape index (κ3) is 7.38. The zero-order chi connectivity index (χ0) is 22.0. The molecule has 3 aromatic rings. The van der Waals surface area contributed by atoms with Crippen LogP contribution < -0.4 is 10.6 Å². The van der Waals surface area contributed by atoms with E-state index in [-0.39, 0.29) is 24.0 Å². The Balaban J connectivity index is 0.00000306. The summed E-state index contributed by atoms with van der Waals surface area (Å²) in [7, 11) is 0. The van der Waals surface area contributed by atoms with Crippen LogP contribution in [0.15, 0.2) is 65.8 Å². The van der Waals surface area contributed by atoms with Crippen LogP contribution >= 0.6 is 24.0 Å². The van der Waals surface area contributed by atoms with Crippen LogP contribution in [0.25, 0.3) is 10.9 Å². The number of hydrogen-bond donors (Lipinski definition) is 2. The molecule has 1 aliphatic rings. The number of halogens is 1. The SMILES string of the molecule is CCNC(=NCc1ccccc1CN1CCOCC1)NCCc1cccc2cccnc12.I. The van der Waals surface area contributed by atoms with Crippen molar-refractivity contribution in [1.29, 1.82) is 0 Å². The molecule has 1 fully saturated rings. The third-order valence-electron chi connectivity index (χ3n) is 5.77. The van der Waals surface area contributed by atoms with Crippen molar-refractivity contribution in [3.8, 4) is 0 Å². The second kappa shape index (κ2) is 13.5. The monoisotopic (exact) mass is 559 g/mol. The largest absolute Gasteiger partial charge is 0.379 e. The Hall–Kier alpha value is -2.23. The Morgan fingerprint density at radius 3 is 2.55 bits per heavy atom. The van der Waals surface area contributed by atoms with Crippen LogP contribution in [0.3, 0.4) is 0 Å². The van der Waals surface area contributed by atoms with Gasteiger partial charge in [-0.1, -0.05) is 48.5 Å². The molecule has 2 heterocycles. The van der Waals surface area contributed by atoms with Crippen LogP contribution in [0.2, 0.25) is 0 Å². The summed E-state index contributed by atoms with van der Waals surface area (Å²) in [6.45, 7) is 8.96. The highest BCUT2D eigenvalue weighted by molar-refractivity contribution is 14.0. The molecule has 0 spiro atoms. The summed E-state index contributed by atoms with van der Waals surface area (Å²) in [6.07, 6.45) is 2.76. The van der Waals surface area contributed by atoms with Crippen molar-refractivity contribution in [2.24, 2.45) is 4.99 Å². The minimum Gasteiger partial charge on any atom is -0.379 e. The third-order valence-corrected chi connectivity index (χ3v) is 5.77. The topological polar surface area (TPSA) is 61.8 Å². The van der Waals surface area contributed by atoms with Gasteiger partial charge in [-0.25, -0.2) is 4.99 Å². The first kappa shape index (κ1) is 25.4. The Bertz CT molecular complexity index is 1030. The molecule has 1 aromatic heterocycles. The van der Waals surface area contributed by atoms with Gasteiger partial charge in [0.2, 0.25) is 0 Å². The maximum Gasteiger partial charge on any atom is 0.191 e. The molecule has 1 aliphatic heterocycles. The van der Waals surface area contributed by atoms with Gasteiger partial charge < -0.3 is 15.4 Å². The van der Waals surface area contributed by atoms with E-state index in [1.807, 2.05) is 12.3 Å². The molecule has 4 rings (SSSR count). The van der Waals surface area contributed by atoms with E-state index >= 15 is 0 Å². The van der Waals surface area contributed by atoms with Crippen LogP contribution in [-0.2, 0) is 24.2 Å². The Morgan fingerprint density at radius 1 is 0.970 bits per heavy atom. The number of hydrogen-bond acceptors (Lipinski definition) is 4. The zero-order valence-electron chi connectivity index (χ0n) is 19.3.